The molecule has 170 valence electrons. The van der Waals surface area contributed by atoms with E-state index in [1.807, 2.05) is 41.3 Å². The Morgan fingerprint density at radius 2 is 1.82 bits per heavy atom. The summed E-state index contributed by atoms with van der Waals surface area (Å²) >= 11 is 0.832. The summed E-state index contributed by atoms with van der Waals surface area (Å²) in [5, 5.41) is 10.3. The van der Waals surface area contributed by atoms with E-state index in [0.717, 1.165) is 22.3 Å². The smallest absolute Gasteiger partial charge is 0.272 e. The zero-order valence-corrected chi connectivity index (χ0v) is 19.0. The quantitative estimate of drug-likeness (QED) is 0.453. The molecule has 0 spiro atoms. The lowest BCUT2D eigenvalue weighted by molar-refractivity contribution is 0.0751. The zero-order valence-electron chi connectivity index (χ0n) is 18.1. The molecule has 9 heteroatoms. The van der Waals surface area contributed by atoms with Crippen molar-refractivity contribution in [3.8, 4) is 6.07 Å². The van der Waals surface area contributed by atoms with Gasteiger partial charge in [-0.2, -0.15) is 9.65 Å². The normalized spacial score (nSPS) is 13.8. The molecule has 34 heavy (non-hydrogen) atoms. The molecule has 0 aliphatic carbocycles. The van der Waals surface area contributed by atoms with Crippen molar-refractivity contribution in [3.05, 3.63) is 92.3 Å². The van der Waals surface area contributed by atoms with Crippen LogP contribution in [0.1, 0.15) is 20.8 Å². The molecule has 1 aliphatic rings. The highest BCUT2D eigenvalue weighted by Crippen LogP contribution is 2.29. The van der Waals surface area contributed by atoms with Gasteiger partial charge < -0.3 is 9.80 Å². The van der Waals surface area contributed by atoms with Crippen LogP contribution in [0.25, 0.3) is 11.0 Å². The molecule has 1 aromatic carbocycles. The first-order valence-electron chi connectivity index (χ1n) is 10.8. The van der Waals surface area contributed by atoms with Gasteiger partial charge in [0.15, 0.2) is 5.13 Å². The monoisotopic (exact) mass is 473 g/mol. The summed E-state index contributed by atoms with van der Waals surface area (Å²) in [5.74, 6) is -0.209. The Morgan fingerprint density at radius 3 is 2.50 bits per heavy atom. The average Bonchev–Trinajstić information content (AvgIpc) is 3.32. The summed E-state index contributed by atoms with van der Waals surface area (Å²) in [6, 6.07) is 18.1. The second-order valence-electron chi connectivity index (χ2n) is 7.97. The number of amides is 1. The van der Waals surface area contributed by atoms with Gasteiger partial charge >= 0.3 is 0 Å². The summed E-state index contributed by atoms with van der Waals surface area (Å²) in [6.45, 7) is 2.00. The number of pyridine rings is 2. The number of hydrogen-bond acceptors (Lipinski definition) is 6. The van der Waals surface area contributed by atoms with Crippen molar-refractivity contribution < 1.29 is 9.18 Å². The molecule has 0 N–H and O–H groups in total. The van der Waals surface area contributed by atoms with E-state index in [9.17, 15) is 19.2 Å². The Labute approximate surface area is 198 Å². The summed E-state index contributed by atoms with van der Waals surface area (Å²) in [5.41, 5.74) is 1.68. The number of nitrogens with zero attached hydrogens (tertiary/aromatic N) is 5. The molecule has 0 saturated carbocycles. The number of hydrogen-bond donors (Lipinski definition) is 0. The third kappa shape index (κ3) is 3.93. The maximum atomic E-state index is 13.4. The van der Waals surface area contributed by atoms with Crippen molar-refractivity contribution in [3.63, 3.8) is 0 Å². The Bertz CT molecular complexity index is 1470. The molecule has 0 bridgehead atoms. The Balaban J connectivity index is 1.50. The van der Waals surface area contributed by atoms with Crippen LogP contribution in [-0.4, -0.2) is 46.5 Å². The van der Waals surface area contributed by atoms with Crippen molar-refractivity contribution in [2.45, 2.75) is 6.54 Å². The molecule has 5 rings (SSSR count). The first kappa shape index (κ1) is 21.8. The Hall–Kier alpha value is -4.03. The van der Waals surface area contributed by atoms with Gasteiger partial charge in [-0.05, 0) is 29.8 Å². The number of rotatable bonds is 4. The lowest BCUT2D eigenvalue weighted by Crippen LogP contribution is -2.49. The Kier molecular flexibility index (Phi) is 5.82. The topological polar surface area (TPSA) is 82.2 Å². The van der Waals surface area contributed by atoms with Crippen LogP contribution in [0.5, 0.6) is 0 Å². The molecule has 1 fully saturated rings. The number of nitriles is 1. The fourth-order valence-electron chi connectivity index (χ4n) is 4.32. The van der Waals surface area contributed by atoms with Crippen molar-refractivity contribution in [1.29, 1.82) is 5.26 Å². The van der Waals surface area contributed by atoms with Crippen LogP contribution in [0.4, 0.5) is 10.1 Å². The minimum absolute atomic E-state index is 0.0662. The van der Waals surface area contributed by atoms with E-state index in [4.69, 9.17) is 0 Å². The van der Waals surface area contributed by atoms with Crippen LogP contribution < -0.4 is 10.5 Å². The second-order valence-corrected chi connectivity index (χ2v) is 9.00. The van der Waals surface area contributed by atoms with E-state index in [0.29, 0.717) is 48.9 Å². The lowest BCUT2D eigenvalue weighted by Gasteiger charge is -2.36. The zero-order chi connectivity index (χ0) is 23.7. The van der Waals surface area contributed by atoms with E-state index in [1.54, 1.807) is 17.2 Å². The number of piperazine rings is 1. The molecule has 4 heterocycles. The first-order chi connectivity index (χ1) is 16.6. The SMILES string of the molecule is N#Cc1c(N2CCN(C(=O)c3ccc(F)s3)CC2)c2cccnc2n(Cc2ccccc2)c1=O. The number of halogens is 1. The minimum atomic E-state index is -0.393. The fraction of sp³-hybridized carbons (Fsp3) is 0.200. The van der Waals surface area contributed by atoms with Crippen molar-refractivity contribution in [2.75, 3.05) is 31.1 Å². The van der Waals surface area contributed by atoms with Gasteiger partial charge in [-0.15, -0.1) is 11.3 Å². The number of carbonyl (C=O) groups is 1. The van der Waals surface area contributed by atoms with Crippen molar-refractivity contribution in [2.24, 2.45) is 0 Å². The number of benzene rings is 1. The van der Waals surface area contributed by atoms with Crippen LogP contribution in [0.15, 0.2) is 65.6 Å². The predicted octanol–water partition coefficient (Wildman–Crippen LogP) is 3.48. The van der Waals surface area contributed by atoms with Gasteiger partial charge in [0.1, 0.15) is 17.3 Å². The molecule has 0 unspecified atom stereocenters. The highest BCUT2D eigenvalue weighted by atomic mass is 32.1. The molecule has 1 saturated heterocycles. The highest BCUT2D eigenvalue weighted by molar-refractivity contribution is 7.12. The van der Waals surface area contributed by atoms with Crippen LogP contribution in [0.3, 0.4) is 0 Å². The third-order valence-electron chi connectivity index (χ3n) is 5.96. The number of carbonyl (C=O) groups excluding carboxylic acids is 1. The van der Waals surface area contributed by atoms with E-state index in [-0.39, 0.29) is 17.0 Å². The third-order valence-corrected chi connectivity index (χ3v) is 6.82. The number of anilines is 1. The molecule has 1 amide bonds. The van der Waals surface area contributed by atoms with E-state index in [1.165, 1.54) is 16.7 Å². The molecular weight excluding hydrogens is 453 g/mol. The number of thiophene rings is 1. The van der Waals surface area contributed by atoms with E-state index in [2.05, 4.69) is 11.1 Å². The van der Waals surface area contributed by atoms with Gasteiger partial charge in [0.05, 0.1) is 17.1 Å². The van der Waals surface area contributed by atoms with Gasteiger partial charge in [0, 0.05) is 37.8 Å². The van der Waals surface area contributed by atoms with Crippen LogP contribution in [0, 0.1) is 16.5 Å². The number of aromatic nitrogens is 2. The van der Waals surface area contributed by atoms with Gasteiger partial charge in [-0.3, -0.25) is 14.2 Å². The molecular formula is C25H20FN5O2S. The van der Waals surface area contributed by atoms with E-state index < -0.39 is 5.13 Å². The first-order valence-corrected chi connectivity index (χ1v) is 11.6. The highest BCUT2D eigenvalue weighted by Gasteiger charge is 2.28. The van der Waals surface area contributed by atoms with Gasteiger partial charge in [0.2, 0.25) is 0 Å². The standard InChI is InChI=1S/C25H20FN5O2S/c26-21-9-8-20(34-21)25(33)30-13-11-29(12-14-30)22-18-7-4-10-28-23(18)31(24(32)19(22)15-27)16-17-5-2-1-3-6-17/h1-10H,11-14,16H2. The summed E-state index contributed by atoms with van der Waals surface area (Å²) < 4.78 is 14.9. The Morgan fingerprint density at radius 1 is 1.06 bits per heavy atom. The van der Waals surface area contributed by atoms with Crippen LogP contribution >= 0.6 is 11.3 Å². The van der Waals surface area contributed by atoms with Gasteiger partial charge in [-0.1, -0.05) is 30.3 Å². The summed E-state index contributed by atoms with van der Waals surface area (Å²) in [6.07, 6.45) is 1.63. The molecule has 0 atom stereocenters. The molecule has 3 aromatic heterocycles. The van der Waals surface area contributed by atoms with E-state index >= 15 is 0 Å². The molecule has 0 radical (unpaired) electrons. The maximum Gasteiger partial charge on any atom is 0.272 e. The van der Waals surface area contributed by atoms with Gasteiger partial charge in [0.25, 0.3) is 11.5 Å². The molecule has 1 aliphatic heterocycles. The van der Waals surface area contributed by atoms with Gasteiger partial charge in [-0.25, -0.2) is 4.98 Å². The number of fused-ring (bicyclic) bond motifs is 1. The van der Waals surface area contributed by atoms with Crippen LogP contribution in [0.2, 0.25) is 0 Å². The lowest BCUT2D eigenvalue weighted by atomic mass is 10.1. The van der Waals surface area contributed by atoms with Crippen molar-refractivity contribution >= 4 is 34.0 Å². The predicted molar refractivity (Wildman–Crippen MR) is 129 cm³/mol. The average molecular weight is 474 g/mol. The molecule has 7 nitrogen and oxygen atoms in total. The summed E-state index contributed by atoms with van der Waals surface area (Å²) in [7, 11) is 0. The maximum absolute atomic E-state index is 13.4. The fourth-order valence-corrected chi connectivity index (χ4v) is 5.02. The summed E-state index contributed by atoms with van der Waals surface area (Å²) in [4.78, 5) is 34.6. The second kappa shape index (κ2) is 9.08. The van der Waals surface area contributed by atoms with Crippen molar-refractivity contribution in [1.82, 2.24) is 14.5 Å². The molecule has 4 aromatic rings. The minimum Gasteiger partial charge on any atom is -0.366 e. The van der Waals surface area contributed by atoms with Crippen LogP contribution in [-0.2, 0) is 6.54 Å². The largest absolute Gasteiger partial charge is 0.366 e.